The average molecular weight is 273 g/mol. The van der Waals surface area contributed by atoms with E-state index in [1.54, 1.807) is 34.9 Å². The molecular formula is C13H6ClFN4. The molecule has 19 heavy (non-hydrogen) atoms. The van der Waals surface area contributed by atoms with Gasteiger partial charge < -0.3 is 0 Å². The number of nitrogens with zero attached hydrogens (tertiary/aromatic N) is 4. The number of rotatable bonds is 1. The van der Waals surface area contributed by atoms with Crippen molar-refractivity contribution in [2.24, 2.45) is 0 Å². The number of benzene rings is 1. The Balaban J connectivity index is 2.31. The molecule has 92 valence electrons. The smallest absolute Gasteiger partial charge is 0.169 e. The second-order valence-corrected chi connectivity index (χ2v) is 4.26. The van der Waals surface area contributed by atoms with Crippen LogP contribution < -0.4 is 0 Å². The van der Waals surface area contributed by atoms with Crippen LogP contribution in [0.15, 0.2) is 36.5 Å². The van der Waals surface area contributed by atoms with Gasteiger partial charge in [0.25, 0.3) is 0 Å². The summed E-state index contributed by atoms with van der Waals surface area (Å²) in [6.45, 7) is 0. The van der Waals surface area contributed by atoms with Crippen LogP contribution in [0.3, 0.4) is 0 Å². The first-order valence-corrected chi connectivity index (χ1v) is 5.78. The molecule has 0 saturated heterocycles. The van der Waals surface area contributed by atoms with Crippen LogP contribution in [-0.2, 0) is 0 Å². The van der Waals surface area contributed by atoms with E-state index in [0.717, 1.165) is 0 Å². The van der Waals surface area contributed by atoms with Gasteiger partial charge in [-0.05, 0) is 24.3 Å². The predicted molar refractivity (Wildman–Crippen MR) is 68.1 cm³/mol. The van der Waals surface area contributed by atoms with Crippen molar-refractivity contribution >= 4 is 17.2 Å². The Hall–Kier alpha value is -2.45. The molecule has 0 amide bonds. The van der Waals surface area contributed by atoms with Crippen molar-refractivity contribution in [1.82, 2.24) is 14.6 Å². The molecule has 0 spiro atoms. The van der Waals surface area contributed by atoms with E-state index in [4.69, 9.17) is 16.9 Å². The maximum absolute atomic E-state index is 13.5. The summed E-state index contributed by atoms with van der Waals surface area (Å²) in [5.74, 6) is -0.121. The maximum atomic E-state index is 13.5. The zero-order chi connectivity index (χ0) is 13.4. The quantitative estimate of drug-likeness (QED) is 0.684. The number of fused-ring (bicyclic) bond motifs is 1. The van der Waals surface area contributed by atoms with Gasteiger partial charge in [-0.1, -0.05) is 17.7 Å². The van der Waals surface area contributed by atoms with Gasteiger partial charge in [-0.2, -0.15) is 5.26 Å². The molecule has 0 aliphatic rings. The lowest BCUT2D eigenvalue weighted by molar-refractivity contribution is 0.628. The van der Waals surface area contributed by atoms with Crippen molar-refractivity contribution in [3.05, 3.63) is 52.9 Å². The predicted octanol–water partition coefficient (Wildman–Crippen LogP) is 3.06. The van der Waals surface area contributed by atoms with E-state index in [1.807, 2.05) is 6.07 Å². The highest BCUT2D eigenvalue weighted by atomic mass is 35.5. The molecule has 0 aliphatic heterocycles. The normalized spacial score (nSPS) is 10.6. The van der Waals surface area contributed by atoms with Crippen LogP contribution in [-0.4, -0.2) is 14.6 Å². The fourth-order valence-corrected chi connectivity index (χ4v) is 2.03. The largest absolute Gasteiger partial charge is 0.281 e. The topological polar surface area (TPSA) is 54.0 Å². The summed E-state index contributed by atoms with van der Waals surface area (Å²) in [6.07, 6.45) is 1.59. The molecule has 0 radical (unpaired) electrons. The van der Waals surface area contributed by atoms with Crippen LogP contribution in [0.5, 0.6) is 0 Å². The summed E-state index contributed by atoms with van der Waals surface area (Å²) in [7, 11) is 0. The van der Waals surface area contributed by atoms with Crippen molar-refractivity contribution in [1.29, 1.82) is 5.26 Å². The van der Waals surface area contributed by atoms with Gasteiger partial charge in [-0.25, -0.2) is 4.39 Å². The second-order valence-electron chi connectivity index (χ2n) is 3.88. The summed E-state index contributed by atoms with van der Waals surface area (Å²) in [5, 5.41) is 16.8. The van der Waals surface area contributed by atoms with Crippen LogP contribution in [0, 0.1) is 17.1 Å². The molecule has 1 aromatic carbocycles. The fourth-order valence-electron chi connectivity index (χ4n) is 1.82. The minimum absolute atomic E-state index is 0.0147. The molecule has 6 heteroatoms. The first-order valence-electron chi connectivity index (χ1n) is 5.40. The lowest BCUT2D eigenvalue weighted by Crippen LogP contribution is -1.92. The van der Waals surface area contributed by atoms with Gasteiger partial charge in [-0.15, -0.1) is 10.2 Å². The first-order chi connectivity index (χ1) is 9.20. The van der Waals surface area contributed by atoms with E-state index >= 15 is 0 Å². The van der Waals surface area contributed by atoms with Gasteiger partial charge in [0.1, 0.15) is 11.9 Å². The van der Waals surface area contributed by atoms with Gasteiger partial charge in [-0.3, -0.25) is 4.40 Å². The number of hydrogen-bond acceptors (Lipinski definition) is 3. The Bertz CT molecular complexity index is 819. The standard InChI is InChI=1S/C13H6ClFN4/c14-12-9(2-1-3-10(12)15)13-18-17-11-5-4-8(6-16)7-19(11)13/h1-5,7H. The highest BCUT2D eigenvalue weighted by Crippen LogP contribution is 2.28. The molecular weight excluding hydrogens is 267 g/mol. The molecule has 4 nitrogen and oxygen atoms in total. The van der Waals surface area contributed by atoms with E-state index in [9.17, 15) is 4.39 Å². The number of pyridine rings is 1. The van der Waals surface area contributed by atoms with Gasteiger partial charge in [0.2, 0.25) is 0 Å². The minimum Gasteiger partial charge on any atom is -0.281 e. The van der Waals surface area contributed by atoms with Crippen LogP contribution in [0.4, 0.5) is 4.39 Å². The molecule has 3 aromatic rings. The van der Waals surface area contributed by atoms with Gasteiger partial charge >= 0.3 is 0 Å². The molecule has 3 rings (SSSR count). The van der Waals surface area contributed by atoms with Crippen LogP contribution in [0.25, 0.3) is 17.0 Å². The van der Waals surface area contributed by atoms with Crippen LogP contribution in [0.2, 0.25) is 5.02 Å². The summed E-state index contributed by atoms with van der Waals surface area (Å²) in [6, 6.07) is 9.81. The van der Waals surface area contributed by atoms with E-state index in [2.05, 4.69) is 10.2 Å². The van der Waals surface area contributed by atoms with E-state index < -0.39 is 5.82 Å². The molecule has 2 heterocycles. The highest BCUT2D eigenvalue weighted by Gasteiger charge is 2.14. The average Bonchev–Trinajstić information content (AvgIpc) is 2.84. The Morgan fingerprint density at radius 3 is 2.84 bits per heavy atom. The SMILES string of the molecule is N#Cc1ccc2nnc(-c3cccc(F)c3Cl)n2c1. The van der Waals surface area contributed by atoms with Crippen molar-refractivity contribution in [3.63, 3.8) is 0 Å². The van der Waals surface area contributed by atoms with E-state index in [0.29, 0.717) is 22.6 Å². The monoisotopic (exact) mass is 272 g/mol. The summed E-state index contributed by atoms with van der Waals surface area (Å²) >= 11 is 5.94. The third-order valence-electron chi connectivity index (χ3n) is 2.72. The number of halogens is 2. The third-order valence-corrected chi connectivity index (χ3v) is 3.11. The Kier molecular flexibility index (Phi) is 2.65. The van der Waals surface area contributed by atoms with Crippen molar-refractivity contribution in [2.75, 3.05) is 0 Å². The summed E-state index contributed by atoms with van der Waals surface area (Å²) < 4.78 is 15.1. The molecule has 0 fully saturated rings. The van der Waals surface area contributed by atoms with Crippen molar-refractivity contribution in [3.8, 4) is 17.5 Å². The van der Waals surface area contributed by atoms with E-state index in [1.165, 1.54) is 6.07 Å². The lowest BCUT2D eigenvalue weighted by atomic mass is 10.2. The van der Waals surface area contributed by atoms with Gasteiger partial charge in [0, 0.05) is 11.8 Å². The minimum atomic E-state index is -0.521. The fraction of sp³-hybridized carbons (Fsp3) is 0. The van der Waals surface area contributed by atoms with Gasteiger partial charge in [0.15, 0.2) is 11.5 Å². The summed E-state index contributed by atoms with van der Waals surface area (Å²) in [4.78, 5) is 0. The number of hydrogen-bond donors (Lipinski definition) is 0. The van der Waals surface area contributed by atoms with Crippen molar-refractivity contribution in [2.45, 2.75) is 0 Å². The second kappa shape index (κ2) is 4.34. The van der Waals surface area contributed by atoms with Crippen LogP contribution >= 0.6 is 11.6 Å². The third kappa shape index (κ3) is 1.83. The van der Waals surface area contributed by atoms with Gasteiger partial charge in [0.05, 0.1) is 10.6 Å². The molecule has 0 N–H and O–H groups in total. The Morgan fingerprint density at radius 2 is 2.05 bits per heavy atom. The number of aromatic nitrogens is 3. The van der Waals surface area contributed by atoms with Crippen LogP contribution in [0.1, 0.15) is 5.56 Å². The molecule has 0 atom stereocenters. The lowest BCUT2D eigenvalue weighted by Gasteiger charge is -2.03. The van der Waals surface area contributed by atoms with E-state index in [-0.39, 0.29) is 5.02 Å². The Labute approximate surface area is 112 Å². The zero-order valence-electron chi connectivity index (χ0n) is 9.51. The highest BCUT2D eigenvalue weighted by molar-refractivity contribution is 6.33. The molecule has 0 bridgehead atoms. The summed E-state index contributed by atoms with van der Waals surface area (Å²) in [5.41, 5.74) is 1.46. The molecule has 2 aromatic heterocycles. The number of nitriles is 1. The zero-order valence-corrected chi connectivity index (χ0v) is 10.3. The first kappa shape index (κ1) is 11.6. The maximum Gasteiger partial charge on any atom is 0.169 e. The Morgan fingerprint density at radius 1 is 1.21 bits per heavy atom. The molecule has 0 unspecified atom stereocenters. The van der Waals surface area contributed by atoms with Crippen molar-refractivity contribution < 1.29 is 4.39 Å². The molecule has 0 saturated carbocycles. The molecule has 0 aliphatic carbocycles.